The topological polar surface area (TPSA) is 93.6 Å². The summed E-state index contributed by atoms with van der Waals surface area (Å²) >= 11 is 0. The lowest BCUT2D eigenvalue weighted by atomic mass is 10.0. The van der Waals surface area contributed by atoms with Gasteiger partial charge in [-0.25, -0.2) is 9.59 Å². The first-order valence-electron chi connectivity index (χ1n) is 6.63. The van der Waals surface area contributed by atoms with Crippen LogP contribution in [0.3, 0.4) is 0 Å². The number of carboxylic acids is 1. The molecule has 0 saturated carbocycles. The molecule has 1 aromatic carbocycles. The zero-order chi connectivity index (χ0) is 15.0. The van der Waals surface area contributed by atoms with Crippen LogP contribution in [-0.4, -0.2) is 46.6 Å². The molecule has 1 aliphatic heterocycles. The lowest BCUT2D eigenvalue weighted by Gasteiger charge is -2.25. The van der Waals surface area contributed by atoms with Crippen LogP contribution in [0.25, 0.3) is 11.0 Å². The third-order valence-corrected chi connectivity index (χ3v) is 3.97. The lowest BCUT2D eigenvalue weighted by Crippen LogP contribution is -2.39. The maximum absolute atomic E-state index is 12.1. The van der Waals surface area contributed by atoms with Crippen LogP contribution in [-0.2, 0) is 16.0 Å². The summed E-state index contributed by atoms with van der Waals surface area (Å²) in [6, 6.07) is 4.58. The number of ether oxygens (including phenoxy) is 2. The Kier molecular flexibility index (Phi) is 3.30. The monoisotopic (exact) mass is 292 g/mol. The number of H-pyrrole nitrogens is 1. The molecule has 1 atom stereocenters. The summed E-state index contributed by atoms with van der Waals surface area (Å²) in [6.45, 7) is 1.42. The number of methoxy groups -OCH3 is 1. The lowest BCUT2D eigenvalue weighted by molar-refractivity contribution is -0.0293. The molecule has 0 spiro atoms. The van der Waals surface area contributed by atoms with Gasteiger partial charge in [-0.05, 0) is 18.2 Å². The number of carboxylic acid groups (broad SMARTS) is 1. The van der Waals surface area contributed by atoms with Crippen molar-refractivity contribution in [2.75, 3.05) is 20.3 Å². The average Bonchev–Trinajstić information content (AvgIpc) is 3.05. The summed E-state index contributed by atoms with van der Waals surface area (Å²) in [5.41, 5.74) is 0.514. The number of hydrogen-bond donors (Lipinski definition) is 2. The van der Waals surface area contributed by atoms with E-state index in [1.807, 2.05) is 0 Å². The van der Waals surface area contributed by atoms with Crippen molar-refractivity contribution >= 4 is 17.0 Å². The molecular formula is C14H16N2O5. The second kappa shape index (κ2) is 5.01. The number of fused-ring (bicyclic) bond motifs is 1. The standard InChI is InChI=1S/C14H16N2O5/c1-20-14(4-5-21-8-14)7-16-11-3-2-9(12(17)18)6-10(11)15-13(16)19/h2-3,6H,4-5,7-8H2,1H3,(H,15,19)(H,17,18). The fraction of sp³-hybridized carbons (Fsp3) is 0.429. The van der Waals surface area contributed by atoms with E-state index in [2.05, 4.69) is 4.98 Å². The zero-order valence-corrected chi connectivity index (χ0v) is 11.6. The van der Waals surface area contributed by atoms with Gasteiger partial charge in [-0.15, -0.1) is 0 Å². The molecule has 0 radical (unpaired) electrons. The van der Waals surface area contributed by atoms with Gasteiger partial charge in [-0.1, -0.05) is 0 Å². The Morgan fingerprint density at radius 2 is 2.38 bits per heavy atom. The van der Waals surface area contributed by atoms with Crippen molar-refractivity contribution in [1.82, 2.24) is 9.55 Å². The molecule has 1 unspecified atom stereocenters. The molecule has 1 aromatic heterocycles. The third-order valence-electron chi connectivity index (χ3n) is 3.97. The number of imidazole rings is 1. The molecule has 1 saturated heterocycles. The van der Waals surface area contributed by atoms with E-state index in [-0.39, 0.29) is 11.3 Å². The highest BCUT2D eigenvalue weighted by atomic mass is 16.5. The molecule has 0 aliphatic carbocycles. The number of rotatable bonds is 4. The van der Waals surface area contributed by atoms with E-state index in [0.717, 1.165) is 6.42 Å². The average molecular weight is 292 g/mol. The molecule has 1 fully saturated rings. The van der Waals surface area contributed by atoms with Gasteiger partial charge in [0.1, 0.15) is 5.60 Å². The van der Waals surface area contributed by atoms with Gasteiger partial charge in [0, 0.05) is 20.1 Å². The first-order valence-corrected chi connectivity index (χ1v) is 6.63. The van der Waals surface area contributed by atoms with Gasteiger partial charge in [0.05, 0.1) is 29.7 Å². The molecule has 0 amide bonds. The number of nitrogens with zero attached hydrogens (tertiary/aromatic N) is 1. The molecule has 3 rings (SSSR count). The number of carbonyl (C=O) groups is 1. The fourth-order valence-corrected chi connectivity index (χ4v) is 2.68. The van der Waals surface area contributed by atoms with Gasteiger partial charge in [0.25, 0.3) is 0 Å². The predicted molar refractivity (Wildman–Crippen MR) is 74.7 cm³/mol. The molecule has 7 nitrogen and oxygen atoms in total. The Bertz CT molecular complexity index is 739. The molecule has 7 heteroatoms. The molecule has 2 heterocycles. The third kappa shape index (κ3) is 2.34. The summed E-state index contributed by atoms with van der Waals surface area (Å²) in [6.07, 6.45) is 0.718. The van der Waals surface area contributed by atoms with Gasteiger partial charge in [0.15, 0.2) is 0 Å². The maximum atomic E-state index is 12.1. The van der Waals surface area contributed by atoms with Gasteiger partial charge < -0.3 is 19.6 Å². The van der Waals surface area contributed by atoms with Gasteiger partial charge in [0.2, 0.25) is 0 Å². The van der Waals surface area contributed by atoms with Crippen molar-refractivity contribution in [3.05, 3.63) is 34.2 Å². The van der Waals surface area contributed by atoms with E-state index >= 15 is 0 Å². The molecular weight excluding hydrogens is 276 g/mol. The van der Waals surface area contributed by atoms with Crippen LogP contribution in [0, 0.1) is 0 Å². The summed E-state index contributed by atoms with van der Waals surface area (Å²) in [5, 5.41) is 8.99. The Balaban J connectivity index is 2.04. The summed E-state index contributed by atoms with van der Waals surface area (Å²) in [7, 11) is 1.61. The van der Waals surface area contributed by atoms with Crippen molar-refractivity contribution in [2.45, 2.75) is 18.6 Å². The Hall–Kier alpha value is -2.12. The summed E-state index contributed by atoms with van der Waals surface area (Å²) < 4.78 is 12.5. The van der Waals surface area contributed by atoms with E-state index in [4.69, 9.17) is 14.6 Å². The molecule has 0 bridgehead atoms. The van der Waals surface area contributed by atoms with Crippen molar-refractivity contribution in [3.63, 3.8) is 0 Å². The van der Waals surface area contributed by atoms with Crippen LogP contribution >= 0.6 is 0 Å². The van der Waals surface area contributed by atoms with Crippen LogP contribution in [0.1, 0.15) is 16.8 Å². The highest BCUT2D eigenvalue weighted by Gasteiger charge is 2.36. The van der Waals surface area contributed by atoms with E-state index in [0.29, 0.717) is 30.8 Å². The van der Waals surface area contributed by atoms with Crippen LogP contribution in [0.15, 0.2) is 23.0 Å². The highest BCUT2D eigenvalue weighted by Crippen LogP contribution is 2.25. The largest absolute Gasteiger partial charge is 0.478 e. The van der Waals surface area contributed by atoms with Crippen LogP contribution < -0.4 is 5.69 Å². The quantitative estimate of drug-likeness (QED) is 0.870. The molecule has 2 N–H and O–H groups in total. The second-order valence-corrected chi connectivity index (χ2v) is 5.24. The van der Waals surface area contributed by atoms with E-state index < -0.39 is 11.6 Å². The van der Waals surface area contributed by atoms with Crippen LogP contribution in [0.5, 0.6) is 0 Å². The van der Waals surface area contributed by atoms with Gasteiger partial charge in [-0.3, -0.25) is 4.57 Å². The Morgan fingerprint density at radius 1 is 1.57 bits per heavy atom. The molecule has 21 heavy (non-hydrogen) atoms. The summed E-state index contributed by atoms with van der Waals surface area (Å²) in [4.78, 5) is 25.8. The fourth-order valence-electron chi connectivity index (χ4n) is 2.68. The molecule has 2 aromatic rings. The number of aromatic amines is 1. The number of aromatic carboxylic acids is 1. The Morgan fingerprint density at radius 3 is 3.00 bits per heavy atom. The number of nitrogens with one attached hydrogen (secondary N) is 1. The van der Waals surface area contributed by atoms with E-state index in [1.165, 1.54) is 12.1 Å². The normalized spacial score (nSPS) is 22.0. The summed E-state index contributed by atoms with van der Waals surface area (Å²) in [5.74, 6) is -1.02. The molecule has 1 aliphatic rings. The van der Waals surface area contributed by atoms with Crippen LogP contribution in [0.4, 0.5) is 0 Å². The first kappa shape index (κ1) is 13.8. The van der Waals surface area contributed by atoms with Crippen LogP contribution in [0.2, 0.25) is 0 Å². The minimum atomic E-state index is -1.02. The number of aromatic nitrogens is 2. The SMILES string of the molecule is COC1(Cn2c(=O)[nH]c3cc(C(=O)O)ccc32)CCOC1. The van der Waals surface area contributed by atoms with Gasteiger partial charge >= 0.3 is 11.7 Å². The highest BCUT2D eigenvalue weighted by molar-refractivity contribution is 5.92. The van der Waals surface area contributed by atoms with E-state index in [9.17, 15) is 9.59 Å². The van der Waals surface area contributed by atoms with Crippen molar-refractivity contribution in [2.24, 2.45) is 0 Å². The first-order chi connectivity index (χ1) is 10.0. The minimum absolute atomic E-state index is 0.140. The van der Waals surface area contributed by atoms with Gasteiger partial charge in [-0.2, -0.15) is 0 Å². The van der Waals surface area contributed by atoms with Crippen molar-refractivity contribution in [3.8, 4) is 0 Å². The minimum Gasteiger partial charge on any atom is -0.478 e. The Labute approximate surface area is 120 Å². The second-order valence-electron chi connectivity index (χ2n) is 5.24. The predicted octanol–water partition coefficient (Wildman–Crippen LogP) is 0.833. The number of hydrogen-bond acceptors (Lipinski definition) is 4. The molecule has 112 valence electrons. The van der Waals surface area contributed by atoms with E-state index in [1.54, 1.807) is 17.7 Å². The number of benzene rings is 1. The smallest absolute Gasteiger partial charge is 0.335 e. The van der Waals surface area contributed by atoms with Crippen molar-refractivity contribution in [1.29, 1.82) is 0 Å². The zero-order valence-electron chi connectivity index (χ0n) is 11.6. The van der Waals surface area contributed by atoms with Crippen molar-refractivity contribution < 1.29 is 19.4 Å². The maximum Gasteiger partial charge on any atom is 0.335 e.